The van der Waals surface area contributed by atoms with Gasteiger partial charge in [-0.05, 0) is 48.9 Å². The summed E-state index contributed by atoms with van der Waals surface area (Å²) in [4.78, 5) is 0. The molecule has 19 heavy (non-hydrogen) atoms. The van der Waals surface area contributed by atoms with E-state index in [0.717, 1.165) is 25.5 Å². The van der Waals surface area contributed by atoms with Gasteiger partial charge in [-0.25, -0.2) is 8.78 Å². The van der Waals surface area contributed by atoms with E-state index in [9.17, 15) is 8.78 Å². The Morgan fingerprint density at radius 1 is 1.11 bits per heavy atom. The van der Waals surface area contributed by atoms with Crippen LogP contribution < -0.4 is 5.32 Å². The van der Waals surface area contributed by atoms with Gasteiger partial charge in [0.2, 0.25) is 0 Å². The maximum atomic E-state index is 13.2. The number of hydrogen-bond acceptors (Lipinski definition) is 1. The Morgan fingerprint density at radius 3 is 2.16 bits per heavy atom. The van der Waals surface area contributed by atoms with Gasteiger partial charge >= 0.3 is 0 Å². The molecule has 0 saturated heterocycles. The molecule has 0 heterocycles. The first-order valence-corrected chi connectivity index (χ1v) is 7.07. The van der Waals surface area contributed by atoms with E-state index in [1.165, 1.54) is 12.1 Å². The summed E-state index contributed by atoms with van der Waals surface area (Å²) in [6, 6.07) is 3.99. The monoisotopic (exact) mass is 269 g/mol. The minimum atomic E-state index is -0.501. The Bertz CT molecular complexity index is 381. The lowest BCUT2D eigenvalue weighted by atomic mass is 9.79. The fraction of sp³-hybridized carbons (Fsp3) is 0.625. The van der Waals surface area contributed by atoms with E-state index < -0.39 is 11.6 Å². The van der Waals surface area contributed by atoms with Crippen LogP contribution >= 0.6 is 0 Å². The van der Waals surface area contributed by atoms with Crippen LogP contribution in [0.25, 0.3) is 0 Å². The summed E-state index contributed by atoms with van der Waals surface area (Å²) in [5, 5.41) is 3.50. The Morgan fingerprint density at radius 2 is 1.68 bits per heavy atom. The van der Waals surface area contributed by atoms with E-state index in [-0.39, 0.29) is 11.5 Å². The fourth-order valence-electron chi connectivity index (χ4n) is 2.15. The van der Waals surface area contributed by atoms with E-state index in [0.29, 0.717) is 12.0 Å². The second-order valence-corrected chi connectivity index (χ2v) is 5.83. The first kappa shape index (κ1) is 16.1. The molecule has 0 aromatic heterocycles. The van der Waals surface area contributed by atoms with Crippen LogP contribution in [0.1, 0.15) is 46.1 Å². The van der Waals surface area contributed by atoms with Crippen molar-refractivity contribution in [3.63, 3.8) is 0 Å². The zero-order valence-corrected chi connectivity index (χ0v) is 12.4. The Labute approximate surface area is 115 Å². The molecule has 0 aliphatic heterocycles. The fourth-order valence-corrected chi connectivity index (χ4v) is 2.15. The molecule has 1 nitrogen and oxygen atoms in total. The predicted octanol–water partition coefficient (Wildman–Crippen LogP) is 4.31. The van der Waals surface area contributed by atoms with Crippen LogP contribution in [-0.2, 0) is 6.42 Å². The number of halogens is 2. The molecule has 0 saturated carbocycles. The molecule has 0 aliphatic carbocycles. The average molecular weight is 269 g/mol. The molecule has 1 atom stereocenters. The van der Waals surface area contributed by atoms with Gasteiger partial charge < -0.3 is 5.32 Å². The SMILES string of the molecule is CCCNC(Cc1cc(F)cc(F)c1)C(C)(C)CC. The number of benzene rings is 1. The molecule has 3 heteroatoms. The lowest BCUT2D eigenvalue weighted by molar-refractivity contribution is 0.230. The Hall–Kier alpha value is -0.960. The summed E-state index contributed by atoms with van der Waals surface area (Å²) in [6.07, 6.45) is 2.72. The lowest BCUT2D eigenvalue weighted by Crippen LogP contribution is -2.43. The molecule has 1 aromatic rings. The van der Waals surface area contributed by atoms with Crippen molar-refractivity contribution in [2.75, 3.05) is 6.54 Å². The first-order valence-electron chi connectivity index (χ1n) is 7.07. The summed E-state index contributed by atoms with van der Waals surface area (Å²) in [5.41, 5.74) is 0.811. The van der Waals surface area contributed by atoms with Crippen LogP contribution in [0, 0.1) is 17.0 Å². The summed E-state index contributed by atoms with van der Waals surface area (Å²) in [6.45, 7) is 9.56. The standard InChI is InChI=1S/C16H25F2N/c1-5-7-19-15(16(3,4)6-2)10-12-8-13(17)11-14(18)9-12/h8-9,11,15,19H,5-7,10H2,1-4H3. The third-order valence-electron chi connectivity index (χ3n) is 3.86. The van der Waals surface area contributed by atoms with Crippen molar-refractivity contribution in [3.8, 4) is 0 Å². The van der Waals surface area contributed by atoms with Crippen molar-refractivity contribution in [1.82, 2.24) is 5.32 Å². The molecule has 1 aromatic carbocycles. The van der Waals surface area contributed by atoms with Crippen LogP contribution in [0.2, 0.25) is 0 Å². The maximum Gasteiger partial charge on any atom is 0.126 e. The van der Waals surface area contributed by atoms with Crippen molar-refractivity contribution in [3.05, 3.63) is 35.4 Å². The molecule has 0 amide bonds. The highest BCUT2D eigenvalue weighted by atomic mass is 19.1. The van der Waals surface area contributed by atoms with Gasteiger partial charge in [0, 0.05) is 12.1 Å². The zero-order chi connectivity index (χ0) is 14.5. The van der Waals surface area contributed by atoms with Gasteiger partial charge in [-0.3, -0.25) is 0 Å². The van der Waals surface area contributed by atoms with Crippen LogP contribution in [0.5, 0.6) is 0 Å². The second kappa shape index (κ2) is 6.99. The van der Waals surface area contributed by atoms with Gasteiger partial charge in [-0.15, -0.1) is 0 Å². The van der Waals surface area contributed by atoms with Crippen molar-refractivity contribution in [2.45, 2.75) is 53.0 Å². The molecule has 1 N–H and O–H groups in total. The molecule has 1 unspecified atom stereocenters. The Kier molecular flexibility index (Phi) is 5.92. The van der Waals surface area contributed by atoms with E-state index >= 15 is 0 Å². The van der Waals surface area contributed by atoms with Gasteiger partial charge in [0.25, 0.3) is 0 Å². The van der Waals surface area contributed by atoms with Crippen molar-refractivity contribution in [1.29, 1.82) is 0 Å². The third-order valence-corrected chi connectivity index (χ3v) is 3.86. The minimum absolute atomic E-state index is 0.0952. The number of nitrogens with one attached hydrogen (secondary N) is 1. The van der Waals surface area contributed by atoms with Crippen molar-refractivity contribution < 1.29 is 8.78 Å². The molecule has 0 aliphatic rings. The zero-order valence-electron chi connectivity index (χ0n) is 12.4. The minimum Gasteiger partial charge on any atom is -0.313 e. The van der Waals surface area contributed by atoms with E-state index in [1.54, 1.807) is 0 Å². The molecule has 0 radical (unpaired) electrons. The average Bonchev–Trinajstić information content (AvgIpc) is 2.33. The highest BCUT2D eigenvalue weighted by Gasteiger charge is 2.27. The molecule has 0 bridgehead atoms. The van der Waals surface area contributed by atoms with Gasteiger partial charge in [0.05, 0.1) is 0 Å². The highest BCUT2D eigenvalue weighted by molar-refractivity contribution is 5.19. The normalized spacial score (nSPS) is 13.6. The second-order valence-electron chi connectivity index (χ2n) is 5.83. The highest BCUT2D eigenvalue weighted by Crippen LogP contribution is 2.27. The van der Waals surface area contributed by atoms with E-state index in [4.69, 9.17) is 0 Å². The smallest absolute Gasteiger partial charge is 0.126 e. The van der Waals surface area contributed by atoms with Gasteiger partial charge in [-0.1, -0.05) is 27.7 Å². The summed E-state index contributed by atoms with van der Waals surface area (Å²) in [7, 11) is 0. The third kappa shape index (κ3) is 4.90. The van der Waals surface area contributed by atoms with Gasteiger partial charge in [0.15, 0.2) is 0 Å². The van der Waals surface area contributed by atoms with Crippen LogP contribution in [0.15, 0.2) is 18.2 Å². The van der Waals surface area contributed by atoms with Crippen LogP contribution in [0.3, 0.4) is 0 Å². The summed E-state index contributed by atoms with van der Waals surface area (Å²) >= 11 is 0. The Balaban J connectivity index is 2.87. The van der Waals surface area contributed by atoms with Crippen molar-refractivity contribution >= 4 is 0 Å². The van der Waals surface area contributed by atoms with Gasteiger partial charge in [0.1, 0.15) is 11.6 Å². The first-order chi connectivity index (χ1) is 8.89. The topological polar surface area (TPSA) is 12.0 Å². The van der Waals surface area contributed by atoms with Crippen LogP contribution in [-0.4, -0.2) is 12.6 Å². The molecular weight excluding hydrogens is 244 g/mol. The number of rotatable bonds is 7. The number of hydrogen-bond donors (Lipinski definition) is 1. The van der Waals surface area contributed by atoms with E-state index in [2.05, 4.69) is 33.0 Å². The van der Waals surface area contributed by atoms with Crippen LogP contribution in [0.4, 0.5) is 8.78 Å². The molecule has 0 spiro atoms. The summed E-state index contributed by atoms with van der Waals surface area (Å²) < 4.78 is 26.5. The molecule has 0 fully saturated rings. The molecule has 1 rings (SSSR count). The van der Waals surface area contributed by atoms with E-state index in [1.807, 2.05) is 0 Å². The lowest BCUT2D eigenvalue weighted by Gasteiger charge is -2.34. The molecular formula is C16H25F2N. The summed E-state index contributed by atoms with van der Waals surface area (Å²) in [5.74, 6) is -1.00. The largest absolute Gasteiger partial charge is 0.313 e. The quantitative estimate of drug-likeness (QED) is 0.777. The van der Waals surface area contributed by atoms with Crippen molar-refractivity contribution in [2.24, 2.45) is 5.41 Å². The van der Waals surface area contributed by atoms with Gasteiger partial charge in [-0.2, -0.15) is 0 Å². The maximum absolute atomic E-state index is 13.2. The predicted molar refractivity (Wildman–Crippen MR) is 76.2 cm³/mol. The molecule has 108 valence electrons.